The van der Waals surface area contributed by atoms with Crippen LogP contribution in [0.2, 0.25) is 0 Å². The lowest BCUT2D eigenvalue weighted by atomic mass is 10.3. The number of thiol groups is 2. The number of rotatable bonds is 1. The molecule has 0 atom stereocenters. The topological polar surface area (TPSA) is 9.23 Å². The van der Waals surface area contributed by atoms with Crippen LogP contribution in [0.1, 0.15) is 0 Å². The van der Waals surface area contributed by atoms with E-state index >= 15 is 0 Å². The fourth-order valence-electron chi connectivity index (χ4n) is 1.06. The van der Waals surface area contributed by atoms with Crippen LogP contribution in [0.25, 0.3) is 0 Å². The number of benzene rings is 2. The van der Waals surface area contributed by atoms with Crippen LogP contribution in [0.5, 0.6) is 5.75 Å². The van der Waals surface area contributed by atoms with E-state index < -0.39 is 0 Å². The Labute approximate surface area is 107 Å². The molecule has 1 nitrogen and oxygen atoms in total. The van der Waals surface area contributed by atoms with E-state index in [4.69, 9.17) is 4.74 Å². The summed E-state index contributed by atoms with van der Waals surface area (Å²) in [6.07, 6.45) is 0. The Morgan fingerprint density at radius 1 is 0.812 bits per heavy atom. The zero-order valence-electron chi connectivity index (χ0n) is 9.00. The molecular formula is C13H14OS2. The lowest BCUT2D eigenvalue weighted by Crippen LogP contribution is -1.81. The smallest absolute Gasteiger partial charge is 0.132 e. The Hall–Kier alpha value is -1.06. The summed E-state index contributed by atoms with van der Waals surface area (Å²) in [5.41, 5.74) is 0. The Morgan fingerprint density at radius 2 is 1.38 bits per heavy atom. The highest BCUT2D eigenvalue weighted by molar-refractivity contribution is 7.80. The second kappa shape index (κ2) is 7.25. The van der Waals surface area contributed by atoms with Crippen LogP contribution in [0.15, 0.2) is 64.4 Å². The van der Waals surface area contributed by atoms with E-state index in [0.29, 0.717) is 0 Å². The van der Waals surface area contributed by atoms with Crippen molar-refractivity contribution < 1.29 is 4.74 Å². The molecule has 0 fully saturated rings. The highest BCUT2D eigenvalue weighted by Crippen LogP contribution is 2.19. The zero-order valence-corrected chi connectivity index (χ0v) is 10.8. The van der Waals surface area contributed by atoms with E-state index in [1.54, 1.807) is 7.11 Å². The van der Waals surface area contributed by atoms with Crippen LogP contribution in [0.3, 0.4) is 0 Å². The number of hydrogen-bond acceptors (Lipinski definition) is 3. The fraction of sp³-hybridized carbons (Fsp3) is 0.0769. The van der Waals surface area contributed by atoms with Gasteiger partial charge in [0.2, 0.25) is 0 Å². The normalized spacial score (nSPS) is 8.94. The molecule has 2 rings (SSSR count). The molecule has 2 aromatic carbocycles. The highest BCUT2D eigenvalue weighted by atomic mass is 32.1. The van der Waals surface area contributed by atoms with Gasteiger partial charge >= 0.3 is 0 Å². The van der Waals surface area contributed by atoms with Crippen molar-refractivity contribution >= 4 is 25.3 Å². The fourth-order valence-corrected chi connectivity index (χ4v) is 1.48. The summed E-state index contributed by atoms with van der Waals surface area (Å²) in [6.45, 7) is 0. The molecule has 0 heterocycles. The minimum atomic E-state index is 0.820. The summed E-state index contributed by atoms with van der Waals surface area (Å²) in [7, 11) is 1.63. The molecule has 0 saturated carbocycles. The second-order valence-electron chi connectivity index (χ2n) is 3.01. The molecule has 16 heavy (non-hydrogen) atoms. The van der Waals surface area contributed by atoms with Crippen LogP contribution in [-0.4, -0.2) is 7.11 Å². The molecule has 0 radical (unpaired) electrons. The van der Waals surface area contributed by atoms with Crippen LogP contribution in [-0.2, 0) is 0 Å². The molecule has 0 aliphatic heterocycles. The SMILES string of the molecule is COc1ccccc1S.Sc1ccccc1. The lowest BCUT2D eigenvalue weighted by Gasteiger charge is -1.99. The van der Waals surface area contributed by atoms with Crippen LogP contribution in [0.4, 0.5) is 0 Å². The summed E-state index contributed by atoms with van der Waals surface area (Å²) < 4.78 is 4.97. The number of ether oxygens (including phenoxy) is 1. The van der Waals surface area contributed by atoms with Crippen molar-refractivity contribution in [2.24, 2.45) is 0 Å². The summed E-state index contributed by atoms with van der Waals surface area (Å²) in [4.78, 5) is 1.89. The predicted octanol–water partition coefficient (Wildman–Crippen LogP) is 3.96. The zero-order chi connectivity index (χ0) is 11.8. The molecule has 84 valence electrons. The van der Waals surface area contributed by atoms with Crippen molar-refractivity contribution in [2.75, 3.05) is 7.11 Å². The molecule has 0 bridgehead atoms. The van der Waals surface area contributed by atoms with Crippen LogP contribution >= 0.6 is 25.3 Å². The maximum atomic E-state index is 4.97. The third-order valence-corrected chi connectivity index (χ3v) is 2.51. The maximum absolute atomic E-state index is 4.97. The van der Waals surface area contributed by atoms with E-state index in [-0.39, 0.29) is 0 Å². The first-order valence-electron chi connectivity index (χ1n) is 4.80. The van der Waals surface area contributed by atoms with Gasteiger partial charge in [-0.25, -0.2) is 0 Å². The van der Waals surface area contributed by atoms with Crippen molar-refractivity contribution in [3.8, 4) is 5.75 Å². The third kappa shape index (κ3) is 4.64. The molecular weight excluding hydrogens is 236 g/mol. The third-order valence-electron chi connectivity index (χ3n) is 1.84. The van der Waals surface area contributed by atoms with Crippen molar-refractivity contribution in [3.05, 3.63) is 54.6 Å². The van der Waals surface area contributed by atoms with Gasteiger partial charge in [-0.3, -0.25) is 0 Å². The largest absolute Gasteiger partial charge is 0.496 e. The molecule has 0 aromatic heterocycles. The first kappa shape index (κ1) is 13.0. The number of methoxy groups -OCH3 is 1. The summed E-state index contributed by atoms with van der Waals surface area (Å²) >= 11 is 8.24. The van der Waals surface area contributed by atoms with Gasteiger partial charge in [-0.2, -0.15) is 0 Å². The minimum Gasteiger partial charge on any atom is -0.496 e. The molecule has 0 aliphatic carbocycles. The van der Waals surface area contributed by atoms with Gasteiger partial charge < -0.3 is 4.74 Å². The van der Waals surface area contributed by atoms with Gasteiger partial charge in [-0.1, -0.05) is 30.3 Å². The van der Waals surface area contributed by atoms with Crippen molar-refractivity contribution in [1.29, 1.82) is 0 Å². The quantitative estimate of drug-likeness (QED) is 0.728. The first-order valence-corrected chi connectivity index (χ1v) is 5.69. The molecule has 3 heteroatoms. The molecule has 0 amide bonds. The average Bonchev–Trinajstić information content (AvgIpc) is 2.31. The number of hydrogen-bond donors (Lipinski definition) is 2. The molecule has 0 N–H and O–H groups in total. The van der Waals surface area contributed by atoms with E-state index in [2.05, 4.69) is 25.3 Å². The average molecular weight is 250 g/mol. The van der Waals surface area contributed by atoms with E-state index in [0.717, 1.165) is 15.5 Å². The van der Waals surface area contributed by atoms with E-state index in [1.165, 1.54) is 0 Å². The molecule has 0 saturated heterocycles. The molecule has 0 aliphatic rings. The Balaban J connectivity index is 0.000000165. The molecule has 0 unspecified atom stereocenters. The minimum absolute atomic E-state index is 0.820. The monoisotopic (exact) mass is 250 g/mol. The van der Waals surface area contributed by atoms with Gasteiger partial charge in [0.1, 0.15) is 5.75 Å². The van der Waals surface area contributed by atoms with Crippen LogP contribution < -0.4 is 4.74 Å². The number of para-hydroxylation sites is 1. The van der Waals surface area contributed by atoms with Crippen LogP contribution in [0, 0.1) is 0 Å². The maximum Gasteiger partial charge on any atom is 0.132 e. The predicted molar refractivity (Wildman–Crippen MR) is 73.9 cm³/mol. The summed E-state index contributed by atoms with van der Waals surface area (Å²) in [5.74, 6) is 0.820. The summed E-state index contributed by atoms with van der Waals surface area (Å²) in [5, 5.41) is 0. The van der Waals surface area contributed by atoms with Gasteiger partial charge in [-0.15, -0.1) is 25.3 Å². The molecule has 0 spiro atoms. The van der Waals surface area contributed by atoms with Gasteiger partial charge in [0.15, 0.2) is 0 Å². The lowest BCUT2D eigenvalue weighted by molar-refractivity contribution is 0.405. The first-order chi connectivity index (χ1) is 7.74. The van der Waals surface area contributed by atoms with Crippen molar-refractivity contribution in [2.45, 2.75) is 9.79 Å². The Kier molecular flexibility index (Phi) is 5.90. The van der Waals surface area contributed by atoms with E-state index in [1.807, 2.05) is 54.6 Å². The second-order valence-corrected chi connectivity index (χ2v) is 4.01. The molecule has 2 aromatic rings. The van der Waals surface area contributed by atoms with Gasteiger partial charge in [0.25, 0.3) is 0 Å². The van der Waals surface area contributed by atoms with Gasteiger partial charge in [0, 0.05) is 9.79 Å². The Morgan fingerprint density at radius 3 is 1.75 bits per heavy atom. The van der Waals surface area contributed by atoms with E-state index in [9.17, 15) is 0 Å². The standard InChI is InChI=1S/C7H8OS.C6H6S/c1-8-6-4-2-3-5-7(6)9;7-6-4-2-1-3-5-6/h2-5,9H,1H3;1-5,7H. The summed E-state index contributed by atoms with van der Waals surface area (Å²) in [6, 6.07) is 17.4. The van der Waals surface area contributed by atoms with Crippen molar-refractivity contribution in [1.82, 2.24) is 0 Å². The Bertz CT molecular complexity index is 415. The van der Waals surface area contributed by atoms with Gasteiger partial charge in [0.05, 0.1) is 7.11 Å². The van der Waals surface area contributed by atoms with Gasteiger partial charge in [-0.05, 0) is 24.3 Å². The van der Waals surface area contributed by atoms with Crippen molar-refractivity contribution in [3.63, 3.8) is 0 Å². The highest BCUT2D eigenvalue weighted by Gasteiger charge is 1.91.